The van der Waals surface area contributed by atoms with Crippen LogP contribution in [0.3, 0.4) is 0 Å². The van der Waals surface area contributed by atoms with Crippen molar-refractivity contribution in [2.75, 3.05) is 0 Å². The third-order valence-corrected chi connectivity index (χ3v) is 2.00. The molecule has 0 unspecified atom stereocenters. The van der Waals surface area contributed by atoms with E-state index in [1.165, 1.54) is 6.20 Å². The lowest BCUT2D eigenvalue weighted by Gasteiger charge is -2.08. The van der Waals surface area contributed by atoms with Crippen LogP contribution in [0.1, 0.15) is 11.1 Å². The molecule has 1 heterocycles. The van der Waals surface area contributed by atoms with Crippen LogP contribution in [0.2, 0.25) is 0 Å². The maximum absolute atomic E-state index is 12.5. The molecule has 0 spiro atoms. The van der Waals surface area contributed by atoms with Gasteiger partial charge in [0.2, 0.25) is 0 Å². The second-order valence-electron chi connectivity index (χ2n) is 3.14. The van der Waals surface area contributed by atoms with Crippen molar-refractivity contribution in [2.45, 2.75) is 13.1 Å². The topological polar surface area (TPSA) is 28.7 Å². The summed E-state index contributed by atoms with van der Waals surface area (Å²) in [4.78, 5) is 0. The van der Waals surface area contributed by atoms with Gasteiger partial charge in [-0.1, -0.05) is 0 Å². The van der Waals surface area contributed by atoms with Crippen molar-refractivity contribution in [2.24, 2.45) is 0 Å². The van der Waals surface area contributed by atoms with E-state index in [1.54, 1.807) is 13.0 Å². The minimum Gasteiger partial charge on any atom is -0.277 e. The molecule has 0 saturated heterocycles. The van der Waals surface area contributed by atoms with Gasteiger partial charge in [0.15, 0.2) is 0 Å². The van der Waals surface area contributed by atoms with E-state index in [4.69, 9.17) is 0 Å². The summed E-state index contributed by atoms with van der Waals surface area (Å²) < 4.78 is 37.6. The summed E-state index contributed by atoms with van der Waals surface area (Å²) in [5, 5.41) is 6.43. The number of hydrogen-bond donors (Lipinski definition) is 1. The number of hydrogen-bond acceptors (Lipinski definition) is 1. The Kier molecular flexibility index (Phi) is 1.77. The molecule has 2 rings (SSSR count). The standard InChI is InChI=1S/C9H7F3N2/c1-5-2-6-4-13-14-8(6)7(3-5)9(10,11)12/h2-4H,1H3,(H,13,14). The molecular weight excluding hydrogens is 193 g/mol. The Morgan fingerprint density at radius 2 is 2.00 bits per heavy atom. The molecule has 1 aromatic carbocycles. The van der Waals surface area contributed by atoms with Gasteiger partial charge in [-0.25, -0.2) is 0 Å². The van der Waals surface area contributed by atoms with Crippen molar-refractivity contribution in [1.29, 1.82) is 0 Å². The largest absolute Gasteiger partial charge is 0.418 e. The van der Waals surface area contributed by atoms with Gasteiger partial charge in [0.1, 0.15) is 0 Å². The van der Waals surface area contributed by atoms with Crippen LogP contribution in [0, 0.1) is 6.92 Å². The van der Waals surface area contributed by atoms with Crippen LogP contribution in [-0.4, -0.2) is 10.2 Å². The van der Waals surface area contributed by atoms with Crippen LogP contribution < -0.4 is 0 Å². The number of H-pyrrole nitrogens is 1. The summed E-state index contributed by atoms with van der Waals surface area (Å²) in [7, 11) is 0. The Labute approximate surface area is 77.7 Å². The van der Waals surface area contributed by atoms with Gasteiger partial charge in [-0.3, -0.25) is 5.10 Å². The van der Waals surface area contributed by atoms with Gasteiger partial charge in [-0.15, -0.1) is 0 Å². The van der Waals surface area contributed by atoms with Gasteiger partial charge in [0.25, 0.3) is 0 Å². The molecular formula is C9H7F3N2. The third kappa shape index (κ3) is 1.34. The molecule has 1 N–H and O–H groups in total. The average Bonchev–Trinajstić information content (AvgIpc) is 2.47. The van der Waals surface area contributed by atoms with Crippen molar-refractivity contribution in [1.82, 2.24) is 10.2 Å². The van der Waals surface area contributed by atoms with E-state index in [1.807, 2.05) is 0 Å². The summed E-state index contributed by atoms with van der Waals surface area (Å²) in [6.45, 7) is 1.63. The number of halogens is 3. The predicted octanol–water partition coefficient (Wildman–Crippen LogP) is 2.89. The zero-order valence-corrected chi connectivity index (χ0v) is 7.31. The maximum Gasteiger partial charge on any atom is 0.418 e. The molecule has 0 aliphatic carbocycles. The average molecular weight is 200 g/mol. The fourth-order valence-corrected chi connectivity index (χ4v) is 1.43. The highest BCUT2D eigenvalue weighted by atomic mass is 19.4. The molecule has 0 fully saturated rings. The quantitative estimate of drug-likeness (QED) is 0.695. The monoisotopic (exact) mass is 200 g/mol. The normalized spacial score (nSPS) is 12.3. The first-order valence-electron chi connectivity index (χ1n) is 3.99. The number of nitrogens with one attached hydrogen (secondary N) is 1. The molecule has 14 heavy (non-hydrogen) atoms. The van der Waals surface area contributed by atoms with E-state index in [0.29, 0.717) is 10.9 Å². The van der Waals surface area contributed by atoms with Gasteiger partial charge < -0.3 is 0 Å². The van der Waals surface area contributed by atoms with E-state index >= 15 is 0 Å². The lowest BCUT2D eigenvalue weighted by Crippen LogP contribution is -2.06. The van der Waals surface area contributed by atoms with Gasteiger partial charge >= 0.3 is 6.18 Å². The molecule has 0 aliphatic rings. The van der Waals surface area contributed by atoms with Crippen molar-refractivity contribution in [3.63, 3.8) is 0 Å². The van der Waals surface area contributed by atoms with Crippen molar-refractivity contribution in [3.05, 3.63) is 29.5 Å². The predicted molar refractivity (Wildman–Crippen MR) is 45.8 cm³/mol. The highest BCUT2D eigenvalue weighted by molar-refractivity contribution is 5.82. The summed E-state index contributed by atoms with van der Waals surface area (Å²) >= 11 is 0. The fourth-order valence-electron chi connectivity index (χ4n) is 1.43. The first-order valence-corrected chi connectivity index (χ1v) is 3.99. The summed E-state index contributed by atoms with van der Waals surface area (Å²) in [6, 6.07) is 2.77. The van der Waals surface area contributed by atoms with E-state index < -0.39 is 11.7 Å². The van der Waals surface area contributed by atoms with Gasteiger partial charge in [-0.05, 0) is 24.6 Å². The molecule has 2 aromatic rings. The minimum absolute atomic E-state index is 0.0445. The molecule has 2 nitrogen and oxygen atoms in total. The molecule has 0 aliphatic heterocycles. The number of fused-ring (bicyclic) bond motifs is 1. The summed E-state index contributed by atoms with van der Waals surface area (Å²) in [5.41, 5.74) is -0.0423. The Morgan fingerprint density at radius 1 is 1.29 bits per heavy atom. The van der Waals surface area contributed by atoms with Crippen molar-refractivity contribution < 1.29 is 13.2 Å². The van der Waals surface area contributed by atoms with Crippen LogP contribution in [-0.2, 0) is 6.18 Å². The lowest BCUT2D eigenvalue weighted by molar-refractivity contribution is -0.136. The molecule has 0 radical (unpaired) electrons. The maximum atomic E-state index is 12.5. The molecule has 5 heteroatoms. The molecule has 0 bridgehead atoms. The summed E-state index contributed by atoms with van der Waals surface area (Å²) in [5.74, 6) is 0. The van der Waals surface area contributed by atoms with Gasteiger partial charge in [-0.2, -0.15) is 18.3 Å². The number of nitrogens with zero attached hydrogens (tertiary/aromatic N) is 1. The number of benzene rings is 1. The number of alkyl halides is 3. The van der Waals surface area contributed by atoms with E-state index in [2.05, 4.69) is 10.2 Å². The highest BCUT2D eigenvalue weighted by Gasteiger charge is 2.33. The number of rotatable bonds is 0. The molecule has 0 amide bonds. The zero-order valence-electron chi connectivity index (χ0n) is 7.31. The Bertz CT molecular complexity index is 470. The summed E-state index contributed by atoms with van der Waals surface area (Å²) in [6.07, 6.45) is -2.95. The van der Waals surface area contributed by atoms with Crippen molar-refractivity contribution in [3.8, 4) is 0 Å². The van der Waals surface area contributed by atoms with Crippen LogP contribution in [0.4, 0.5) is 13.2 Å². The Balaban J connectivity index is 2.80. The highest BCUT2D eigenvalue weighted by Crippen LogP contribution is 2.34. The molecule has 1 aromatic heterocycles. The first kappa shape index (κ1) is 9.05. The van der Waals surface area contributed by atoms with Crippen LogP contribution >= 0.6 is 0 Å². The number of aryl methyl sites for hydroxylation is 1. The fraction of sp³-hybridized carbons (Fsp3) is 0.222. The minimum atomic E-state index is -4.34. The number of aromatic nitrogens is 2. The zero-order chi connectivity index (χ0) is 10.3. The SMILES string of the molecule is Cc1cc(C(F)(F)F)c2[nH]ncc2c1. The van der Waals surface area contributed by atoms with Crippen LogP contribution in [0.5, 0.6) is 0 Å². The molecule has 74 valence electrons. The second-order valence-corrected chi connectivity index (χ2v) is 3.14. The number of aromatic amines is 1. The molecule has 0 atom stereocenters. The Hall–Kier alpha value is -1.52. The van der Waals surface area contributed by atoms with Gasteiger partial charge in [0, 0.05) is 5.39 Å². The van der Waals surface area contributed by atoms with Crippen LogP contribution in [0.25, 0.3) is 10.9 Å². The second kappa shape index (κ2) is 2.73. The van der Waals surface area contributed by atoms with Crippen molar-refractivity contribution >= 4 is 10.9 Å². The molecule has 0 saturated carbocycles. The van der Waals surface area contributed by atoms with E-state index in [-0.39, 0.29) is 5.52 Å². The Morgan fingerprint density at radius 3 is 2.64 bits per heavy atom. The smallest absolute Gasteiger partial charge is 0.277 e. The third-order valence-electron chi connectivity index (χ3n) is 2.00. The van der Waals surface area contributed by atoms with E-state index in [0.717, 1.165) is 6.07 Å². The lowest BCUT2D eigenvalue weighted by atomic mass is 10.1. The van der Waals surface area contributed by atoms with Gasteiger partial charge in [0.05, 0.1) is 17.3 Å². The van der Waals surface area contributed by atoms with Crippen LogP contribution in [0.15, 0.2) is 18.3 Å². The van der Waals surface area contributed by atoms with E-state index in [9.17, 15) is 13.2 Å². The first-order chi connectivity index (χ1) is 6.48.